The molecule has 4 aliphatic rings. The second-order valence-corrected chi connectivity index (χ2v) is 10.0. The predicted molar refractivity (Wildman–Crippen MR) is 96.8 cm³/mol. The van der Waals surface area contributed by atoms with Crippen molar-refractivity contribution in [3.8, 4) is 0 Å². The van der Waals surface area contributed by atoms with E-state index in [9.17, 15) is 14.3 Å². The molecule has 0 spiro atoms. The summed E-state index contributed by atoms with van der Waals surface area (Å²) >= 11 is 0. The first-order chi connectivity index (χ1) is 11.9. The number of halogens is 1. The van der Waals surface area contributed by atoms with Crippen LogP contribution in [0.5, 0.6) is 0 Å². The molecule has 0 aromatic carbocycles. The zero-order valence-corrected chi connectivity index (χ0v) is 16.0. The quantitative estimate of drug-likeness (QED) is 0.783. The summed E-state index contributed by atoms with van der Waals surface area (Å²) in [6, 6.07) is 0. The van der Waals surface area contributed by atoms with Crippen molar-refractivity contribution >= 4 is 5.78 Å². The van der Waals surface area contributed by atoms with Gasteiger partial charge < -0.3 is 5.11 Å². The van der Waals surface area contributed by atoms with Crippen molar-refractivity contribution in [2.24, 2.45) is 40.9 Å². The minimum Gasteiger partial charge on any atom is -0.387 e. The first-order valence-electron chi connectivity index (χ1n) is 10.7. The van der Waals surface area contributed by atoms with Crippen molar-refractivity contribution in [1.82, 2.24) is 0 Å². The largest absolute Gasteiger partial charge is 0.387 e. The van der Waals surface area contributed by atoms with E-state index in [2.05, 4.69) is 6.92 Å². The Hall–Kier alpha value is -0.440. The maximum atomic E-state index is 13.3. The Labute approximate surface area is 152 Å². The number of hydrogen-bond donors (Lipinski definition) is 1. The number of fused-ring (bicyclic) bond motifs is 5. The number of ketones is 1. The topological polar surface area (TPSA) is 37.3 Å². The molecular formula is C22H35FO2. The average Bonchev–Trinajstić information content (AvgIpc) is 2.98. The van der Waals surface area contributed by atoms with Crippen LogP contribution in [0.4, 0.5) is 4.39 Å². The van der Waals surface area contributed by atoms with Crippen LogP contribution >= 0.6 is 0 Å². The highest BCUT2D eigenvalue weighted by Crippen LogP contribution is 2.64. The van der Waals surface area contributed by atoms with Crippen LogP contribution in [0.1, 0.15) is 78.1 Å². The number of rotatable bonds is 3. The van der Waals surface area contributed by atoms with Crippen LogP contribution in [-0.4, -0.2) is 23.2 Å². The fourth-order valence-electron chi connectivity index (χ4n) is 7.86. The van der Waals surface area contributed by atoms with E-state index < -0.39 is 12.3 Å². The molecule has 0 radical (unpaired) electrons. The molecule has 1 N–H and O–H groups in total. The van der Waals surface area contributed by atoms with Crippen LogP contribution in [0.15, 0.2) is 0 Å². The summed E-state index contributed by atoms with van der Waals surface area (Å²) in [6.45, 7) is 3.85. The third kappa shape index (κ3) is 2.71. The van der Waals surface area contributed by atoms with Gasteiger partial charge >= 0.3 is 0 Å². The summed E-state index contributed by atoms with van der Waals surface area (Å²) in [5, 5.41) is 10.4. The van der Waals surface area contributed by atoms with Crippen molar-refractivity contribution in [1.29, 1.82) is 0 Å². The molecule has 0 heterocycles. The Morgan fingerprint density at radius 3 is 2.52 bits per heavy atom. The summed E-state index contributed by atoms with van der Waals surface area (Å²) in [5.74, 6) is 4.25. The normalized spacial score (nSPS) is 52.2. The standard InChI is InChI=1S/C22H35FO2/c1-3-20(24)19-7-6-18-17-5-4-14-12-22(25,13-23)11-9-15(14)16(17)8-10-21(18,19)2/h14-19,25H,3-13H2,1-2H3/t14-,15+,16-,17-,18+,19-,21+,22-/m1/s1. The summed E-state index contributed by atoms with van der Waals surface area (Å²) < 4.78 is 13.3. The molecule has 4 rings (SSSR count). The number of Topliss-reactive ketones (excluding diaryl/α,β-unsaturated/α-hetero) is 1. The van der Waals surface area contributed by atoms with Crippen molar-refractivity contribution in [2.45, 2.75) is 83.7 Å². The molecule has 0 bridgehead atoms. The number of carbonyl (C=O) groups excluding carboxylic acids is 1. The number of hydrogen-bond acceptors (Lipinski definition) is 2. The van der Waals surface area contributed by atoms with Gasteiger partial charge in [-0.25, -0.2) is 4.39 Å². The van der Waals surface area contributed by atoms with E-state index in [1.165, 1.54) is 25.7 Å². The fraction of sp³-hybridized carbons (Fsp3) is 0.955. The molecule has 142 valence electrons. The van der Waals surface area contributed by atoms with E-state index >= 15 is 0 Å². The van der Waals surface area contributed by atoms with E-state index in [-0.39, 0.29) is 5.41 Å². The minimum absolute atomic E-state index is 0.232. The summed E-state index contributed by atoms with van der Waals surface area (Å²) in [7, 11) is 0. The van der Waals surface area contributed by atoms with Crippen molar-refractivity contribution < 1.29 is 14.3 Å². The Morgan fingerprint density at radius 2 is 1.80 bits per heavy atom. The van der Waals surface area contributed by atoms with Crippen molar-refractivity contribution in [2.75, 3.05) is 6.67 Å². The van der Waals surface area contributed by atoms with Gasteiger partial charge in [0, 0.05) is 12.3 Å². The van der Waals surface area contributed by atoms with Crippen LogP contribution in [0, 0.1) is 40.9 Å². The Balaban J connectivity index is 1.52. The third-order valence-electron chi connectivity index (χ3n) is 9.09. The van der Waals surface area contributed by atoms with E-state index in [0.717, 1.165) is 37.0 Å². The second-order valence-electron chi connectivity index (χ2n) is 10.0. The van der Waals surface area contributed by atoms with E-state index in [1.54, 1.807) is 0 Å². The lowest BCUT2D eigenvalue weighted by atomic mass is 9.49. The lowest BCUT2D eigenvalue weighted by Crippen LogP contribution is -2.51. The summed E-state index contributed by atoms with van der Waals surface area (Å²) in [4.78, 5) is 12.5. The zero-order chi connectivity index (χ0) is 17.8. The van der Waals surface area contributed by atoms with Gasteiger partial charge in [-0.3, -0.25) is 4.79 Å². The molecule has 0 saturated heterocycles. The third-order valence-corrected chi connectivity index (χ3v) is 9.09. The molecule has 0 unspecified atom stereocenters. The monoisotopic (exact) mass is 350 g/mol. The van der Waals surface area contributed by atoms with Crippen LogP contribution in [0.2, 0.25) is 0 Å². The molecule has 4 saturated carbocycles. The maximum Gasteiger partial charge on any atom is 0.136 e. The van der Waals surface area contributed by atoms with Crippen molar-refractivity contribution in [3.63, 3.8) is 0 Å². The number of carbonyl (C=O) groups is 1. The van der Waals surface area contributed by atoms with Gasteiger partial charge in [-0.1, -0.05) is 13.8 Å². The maximum absolute atomic E-state index is 13.3. The molecule has 25 heavy (non-hydrogen) atoms. The van der Waals surface area contributed by atoms with Crippen LogP contribution in [-0.2, 0) is 4.79 Å². The average molecular weight is 351 g/mol. The van der Waals surface area contributed by atoms with Gasteiger partial charge in [-0.15, -0.1) is 0 Å². The molecule has 0 amide bonds. The lowest BCUT2D eigenvalue weighted by Gasteiger charge is -2.57. The fourth-order valence-corrected chi connectivity index (χ4v) is 7.86. The lowest BCUT2D eigenvalue weighted by molar-refractivity contribution is -0.133. The second kappa shape index (κ2) is 6.32. The molecule has 0 aliphatic heterocycles. The van der Waals surface area contributed by atoms with E-state index in [0.29, 0.717) is 42.8 Å². The smallest absolute Gasteiger partial charge is 0.136 e. The Kier molecular flexibility index (Phi) is 4.54. The molecular weight excluding hydrogens is 315 g/mol. The van der Waals surface area contributed by atoms with Gasteiger partial charge in [-0.05, 0) is 92.8 Å². The molecule has 2 nitrogen and oxygen atoms in total. The van der Waals surface area contributed by atoms with Gasteiger partial charge in [0.2, 0.25) is 0 Å². The van der Waals surface area contributed by atoms with Crippen molar-refractivity contribution in [3.05, 3.63) is 0 Å². The first-order valence-corrected chi connectivity index (χ1v) is 10.7. The summed E-state index contributed by atoms with van der Waals surface area (Å²) in [5.41, 5.74) is -0.807. The minimum atomic E-state index is -1.04. The van der Waals surface area contributed by atoms with Gasteiger partial charge in [0.15, 0.2) is 0 Å². The van der Waals surface area contributed by atoms with E-state index in [4.69, 9.17) is 0 Å². The highest BCUT2D eigenvalue weighted by molar-refractivity contribution is 5.81. The molecule has 4 fully saturated rings. The molecule has 4 aliphatic carbocycles. The number of aliphatic hydroxyl groups is 1. The molecule has 8 atom stereocenters. The van der Waals surface area contributed by atoms with Gasteiger partial charge in [0.25, 0.3) is 0 Å². The van der Waals surface area contributed by atoms with Crippen LogP contribution < -0.4 is 0 Å². The predicted octanol–water partition coefficient (Wildman–Crippen LogP) is 4.93. The molecule has 0 aromatic heterocycles. The van der Waals surface area contributed by atoms with Crippen LogP contribution in [0.3, 0.4) is 0 Å². The van der Waals surface area contributed by atoms with Gasteiger partial charge in [0.1, 0.15) is 12.5 Å². The molecule has 0 aromatic rings. The van der Waals surface area contributed by atoms with Gasteiger partial charge in [0.05, 0.1) is 5.60 Å². The molecule has 3 heteroatoms. The first kappa shape index (κ1) is 17.9. The van der Waals surface area contributed by atoms with Crippen LogP contribution in [0.25, 0.3) is 0 Å². The number of alkyl halides is 1. The SMILES string of the molecule is CCC(=O)[C@H]1CC[C@H]2[C@@H]3CC[C@@H]4C[C@@](O)(CF)CC[C@@H]4[C@H]3CC[C@]12C. The van der Waals surface area contributed by atoms with Gasteiger partial charge in [-0.2, -0.15) is 0 Å². The Bertz CT molecular complexity index is 534. The summed E-state index contributed by atoms with van der Waals surface area (Å²) in [6.07, 6.45) is 10.2. The highest BCUT2D eigenvalue weighted by Gasteiger charge is 2.58. The highest BCUT2D eigenvalue weighted by atomic mass is 19.1. The van der Waals surface area contributed by atoms with E-state index in [1.807, 2.05) is 6.92 Å². The zero-order valence-electron chi connectivity index (χ0n) is 16.0. The Morgan fingerprint density at radius 1 is 1.04 bits per heavy atom.